The van der Waals surface area contributed by atoms with Crippen molar-refractivity contribution in [2.45, 2.75) is 37.2 Å². The Hall–Kier alpha value is -4.30. The predicted molar refractivity (Wildman–Crippen MR) is 151 cm³/mol. The van der Waals surface area contributed by atoms with Gasteiger partial charge in [0.05, 0.1) is 17.9 Å². The summed E-state index contributed by atoms with van der Waals surface area (Å²) in [6, 6.07) is 24.7. The topological polar surface area (TPSA) is 121 Å². The van der Waals surface area contributed by atoms with Crippen molar-refractivity contribution < 1.29 is 24.2 Å². The standard InChI is InChI=1S/C31H33N3O5/c1-3-38-20-27(24-7-5-4-6-8-24)39-30(37)34-28(33-2)26(19-32)23-11-9-21(10-12-23)22-13-15-25(16-14-22)31(17-18-31)29(35)36/h4-16,19,26-27,32H,3,17-18,20H2,1-2H3,(H,35,36)(H,33,34,37). The molecule has 8 heteroatoms. The number of alkyl carbamates (subject to hydrolysis) is 1. The Balaban J connectivity index is 1.44. The molecule has 0 radical (unpaired) electrons. The van der Waals surface area contributed by atoms with Crippen molar-refractivity contribution in [1.29, 1.82) is 5.41 Å². The zero-order chi connectivity index (χ0) is 27.8. The number of aliphatic carboxylic acids is 1. The van der Waals surface area contributed by atoms with Crippen LogP contribution in [-0.4, -0.2) is 49.5 Å². The predicted octanol–water partition coefficient (Wildman–Crippen LogP) is 5.74. The van der Waals surface area contributed by atoms with Crippen molar-refractivity contribution in [2.24, 2.45) is 4.99 Å². The maximum Gasteiger partial charge on any atom is 0.413 e. The highest BCUT2D eigenvalue weighted by Gasteiger charge is 2.51. The van der Waals surface area contributed by atoms with Crippen LogP contribution in [-0.2, 0) is 19.7 Å². The molecule has 3 N–H and O–H groups in total. The number of ether oxygens (including phenoxy) is 2. The lowest BCUT2D eigenvalue weighted by molar-refractivity contribution is -0.140. The lowest BCUT2D eigenvalue weighted by Crippen LogP contribution is -2.37. The zero-order valence-corrected chi connectivity index (χ0v) is 22.1. The van der Waals surface area contributed by atoms with E-state index >= 15 is 0 Å². The Morgan fingerprint density at radius 3 is 2.13 bits per heavy atom. The van der Waals surface area contributed by atoms with Gasteiger partial charge in [-0.25, -0.2) is 4.79 Å². The highest BCUT2D eigenvalue weighted by atomic mass is 16.6. The molecule has 8 nitrogen and oxygen atoms in total. The highest BCUT2D eigenvalue weighted by molar-refractivity contribution is 6.07. The molecular formula is C31H33N3O5. The van der Waals surface area contributed by atoms with Gasteiger partial charge in [0, 0.05) is 19.9 Å². The third-order valence-corrected chi connectivity index (χ3v) is 7.03. The summed E-state index contributed by atoms with van der Waals surface area (Å²) in [5.74, 6) is -1.06. The molecule has 0 spiro atoms. The Morgan fingerprint density at radius 1 is 1.00 bits per heavy atom. The van der Waals surface area contributed by atoms with Crippen LogP contribution in [0.25, 0.3) is 11.1 Å². The fourth-order valence-electron chi connectivity index (χ4n) is 4.58. The van der Waals surface area contributed by atoms with Crippen molar-refractivity contribution >= 4 is 24.1 Å². The molecule has 1 fully saturated rings. The number of carboxylic acids is 1. The Labute approximate surface area is 228 Å². The van der Waals surface area contributed by atoms with Crippen molar-refractivity contribution in [3.63, 3.8) is 0 Å². The van der Waals surface area contributed by atoms with Crippen LogP contribution in [0.1, 0.15) is 48.5 Å². The van der Waals surface area contributed by atoms with Crippen molar-refractivity contribution in [1.82, 2.24) is 5.32 Å². The molecule has 39 heavy (non-hydrogen) atoms. The number of aliphatic imine (C=N–C) groups is 1. The summed E-state index contributed by atoms with van der Waals surface area (Å²) in [7, 11) is 1.56. The molecule has 3 aromatic carbocycles. The van der Waals surface area contributed by atoms with Gasteiger partial charge in [-0.2, -0.15) is 0 Å². The second-order valence-corrected chi connectivity index (χ2v) is 9.43. The molecule has 2 unspecified atom stereocenters. The van der Waals surface area contributed by atoms with E-state index in [1.807, 2.05) is 85.8 Å². The summed E-state index contributed by atoms with van der Waals surface area (Å²) in [6.45, 7) is 2.59. The van der Waals surface area contributed by atoms with Gasteiger partial charge in [0.15, 0.2) is 6.10 Å². The first-order valence-electron chi connectivity index (χ1n) is 12.9. The molecule has 1 amide bonds. The van der Waals surface area contributed by atoms with E-state index in [1.165, 1.54) is 6.21 Å². The molecule has 202 valence electrons. The van der Waals surface area contributed by atoms with E-state index < -0.39 is 29.5 Å². The first-order valence-corrected chi connectivity index (χ1v) is 12.9. The first-order chi connectivity index (χ1) is 18.9. The third-order valence-electron chi connectivity index (χ3n) is 7.03. The first kappa shape index (κ1) is 27.7. The number of amides is 1. The summed E-state index contributed by atoms with van der Waals surface area (Å²) in [6.07, 6.45) is 1.30. The van der Waals surface area contributed by atoms with Gasteiger partial charge in [-0.15, -0.1) is 0 Å². The van der Waals surface area contributed by atoms with Gasteiger partial charge >= 0.3 is 12.1 Å². The van der Waals surface area contributed by atoms with Gasteiger partial charge in [-0.3, -0.25) is 15.1 Å². The molecule has 1 saturated carbocycles. The van der Waals surface area contributed by atoms with Gasteiger partial charge in [0.2, 0.25) is 0 Å². The lowest BCUT2D eigenvalue weighted by atomic mass is 9.92. The summed E-state index contributed by atoms with van der Waals surface area (Å²) in [5, 5.41) is 20.3. The van der Waals surface area contributed by atoms with Gasteiger partial charge < -0.3 is 20.0 Å². The maximum atomic E-state index is 12.8. The van der Waals surface area contributed by atoms with Crippen LogP contribution in [0.4, 0.5) is 4.79 Å². The van der Waals surface area contributed by atoms with Crippen molar-refractivity contribution in [2.75, 3.05) is 20.3 Å². The number of carbonyl (C=O) groups is 2. The van der Waals surface area contributed by atoms with Gasteiger partial charge in [-0.05, 0) is 47.6 Å². The van der Waals surface area contributed by atoms with E-state index in [2.05, 4.69) is 10.3 Å². The quantitative estimate of drug-likeness (QED) is 0.217. The molecular weight excluding hydrogens is 494 g/mol. The number of amidine groups is 1. The minimum atomic E-state index is -0.770. The summed E-state index contributed by atoms with van der Waals surface area (Å²) < 4.78 is 11.2. The molecule has 0 aromatic heterocycles. The molecule has 3 aromatic rings. The summed E-state index contributed by atoms with van der Waals surface area (Å²) in [5.41, 5.74) is 3.62. The Kier molecular flexibility index (Phi) is 8.88. The van der Waals surface area contributed by atoms with E-state index in [-0.39, 0.29) is 6.61 Å². The van der Waals surface area contributed by atoms with Crippen LogP contribution in [0.15, 0.2) is 83.9 Å². The largest absolute Gasteiger partial charge is 0.481 e. The molecule has 0 bridgehead atoms. The van der Waals surface area contributed by atoms with Crippen LogP contribution in [0.2, 0.25) is 0 Å². The van der Waals surface area contributed by atoms with E-state index in [0.29, 0.717) is 25.3 Å². The van der Waals surface area contributed by atoms with Crippen LogP contribution in [0.3, 0.4) is 0 Å². The molecule has 1 aliphatic rings. The maximum absolute atomic E-state index is 12.8. The fourth-order valence-corrected chi connectivity index (χ4v) is 4.58. The molecule has 2 atom stereocenters. The Bertz CT molecular complexity index is 1320. The lowest BCUT2D eigenvalue weighted by Gasteiger charge is -2.21. The van der Waals surface area contributed by atoms with Gasteiger partial charge in [-0.1, -0.05) is 78.9 Å². The molecule has 0 heterocycles. The number of rotatable bonds is 11. The summed E-state index contributed by atoms with van der Waals surface area (Å²) >= 11 is 0. The number of carboxylic acid groups (broad SMARTS) is 1. The van der Waals surface area contributed by atoms with Crippen molar-refractivity contribution in [3.05, 3.63) is 95.6 Å². The smallest absolute Gasteiger partial charge is 0.413 e. The Morgan fingerprint density at radius 2 is 1.62 bits per heavy atom. The van der Waals surface area contributed by atoms with Gasteiger partial charge in [0.1, 0.15) is 5.84 Å². The fraction of sp³-hybridized carbons (Fsp3) is 0.290. The number of nitrogens with zero attached hydrogens (tertiary/aromatic N) is 1. The second kappa shape index (κ2) is 12.5. The number of nitrogens with one attached hydrogen (secondary N) is 2. The molecule has 1 aliphatic carbocycles. The SMILES string of the molecule is CCOCC(OC(=O)NC(=NC)C(C=N)c1ccc(-c2ccc(C3(C(=O)O)CC3)cc2)cc1)c1ccccc1. The van der Waals surface area contributed by atoms with Crippen molar-refractivity contribution in [3.8, 4) is 11.1 Å². The van der Waals surface area contributed by atoms with E-state index in [4.69, 9.17) is 14.9 Å². The van der Waals surface area contributed by atoms with Crippen LogP contribution >= 0.6 is 0 Å². The van der Waals surface area contributed by atoms with E-state index in [1.54, 1.807) is 7.05 Å². The number of hydrogen-bond donors (Lipinski definition) is 3. The highest BCUT2D eigenvalue weighted by Crippen LogP contribution is 2.48. The minimum absolute atomic E-state index is 0.222. The average Bonchev–Trinajstić information content (AvgIpc) is 3.78. The molecule has 0 saturated heterocycles. The summed E-state index contributed by atoms with van der Waals surface area (Å²) in [4.78, 5) is 28.6. The number of carbonyl (C=O) groups excluding carboxylic acids is 1. The number of benzene rings is 3. The third kappa shape index (κ3) is 6.41. The van der Waals surface area contributed by atoms with Crippen LogP contribution in [0, 0.1) is 5.41 Å². The van der Waals surface area contributed by atoms with E-state index in [0.717, 1.165) is 27.8 Å². The van der Waals surface area contributed by atoms with E-state index in [9.17, 15) is 14.7 Å². The molecule has 0 aliphatic heterocycles. The molecule has 4 rings (SSSR count). The second-order valence-electron chi connectivity index (χ2n) is 9.43. The van der Waals surface area contributed by atoms with Crippen LogP contribution < -0.4 is 5.32 Å². The average molecular weight is 528 g/mol. The zero-order valence-electron chi connectivity index (χ0n) is 22.1. The normalized spacial score (nSPS) is 15.6. The minimum Gasteiger partial charge on any atom is -0.481 e. The number of hydrogen-bond acceptors (Lipinski definition) is 6. The monoisotopic (exact) mass is 527 g/mol. The van der Waals surface area contributed by atoms with Crippen LogP contribution in [0.5, 0.6) is 0 Å². The van der Waals surface area contributed by atoms with Gasteiger partial charge in [0.25, 0.3) is 0 Å².